The quantitative estimate of drug-likeness (QED) is 0.666. The van der Waals surface area contributed by atoms with Crippen LogP contribution in [0.15, 0.2) is 62.5 Å². The zero-order valence-electron chi connectivity index (χ0n) is 11.2. The average Bonchev–Trinajstić information content (AvgIpc) is 2.86. The molecule has 0 saturated carbocycles. The second-order valence-corrected chi connectivity index (χ2v) is 8.26. The van der Waals surface area contributed by atoms with Crippen molar-refractivity contribution in [1.29, 1.82) is 0 Å². The molecular formula is C15H11Br2NO3S. The second-order valence-electron chi connectivity index (χ2n) is 4.71. The van der Waals surface area contributed by atoms with Gasteiger partial charge in [-0.05, 0) is 46.3 Å². The van der Waals surface area contributed by atoms with Gasteiger partial charge < -0.3 is 5.11 Å². The number of nitrogens with zero attached hydrogens (tertiary/aromatic N) is 1. The lowest BCUT2D eigenvalue weighted by Gasteiger charge is -2.09. The number of halogens is 2. The van der Waals surface area contributed by atoms with Crippen molar-refractivity contribution in [1.82, 2.24) is 3.97 Å². The van der Waals surface area contributed by atoms with E-state index in [1.54, 1.807) is 42.5 Å². The molecule has 0 aliphatic carbocycles. The van der Waals surface area contributed by atoms with Crippen molar-refractivity contribution >= 4 is 52.8 Å². The molecule has 0 aliphatic rings. The third-order valence-corrected chi connectivity index (χ3v) is 6.54. The molecule has 4 nitrogen and oxygen atoms in total. The molecule has 1 N–H and O–H groups in total. The van der Waals surface area contributed by atoms with E-state index < -0.39 is 10.0 Å². The topological polar surface area (TPSA) is 59.3 Å². The molecule has 0 spiro atoms. The van der Waals surface area contributed by atoms with Crippen molar-refractivity contribution in [2.24, 2.45) is 0 Å². The van der Waals surface area contributed by atoms with E-state index in [1.807, 2.05) is 0 Å². The van der Waals surface area contributed by atoms with Gasteiger partial charge in [0.15, 0.2) is 0 Å². The highest BCUT2D eigenvalue weighted by atomic mass is 79.9. The first-order chi connectivity index (χ1) is 10.4. The molecule has 114 valence electrons. The minimum absolute atomic E-state index is 0.180. The summed E-state index contributed by atoms with van der Waals surface area (Å²) < 4.78 is 28.4. The molecule has 0 fully saturated rings. The van der Waals surface area contributed by atoms with Gasteiger partial charge in [0, 0.05) is 26.1 Å². The number of benzene rings is 2. The van der Waals surface area contributed by atoms with Crippen LogP contribution in [-0.4, -0.2) is 17.5 Å². The van der Waals surface area contributed by atoms with E-state index in [1.165, 1.54) is 10.2 Å². The summed E-state index contributed by atoms with van der Waals surface area (Å²) in [5, 5.41) is 10.2. The molecular weight excluding hydrogens is 434 g/mol. The van der Waals surface area contributed by atoms with Crippen molar-refractivity contribution < 1.29 is 13.5 Å². The molecule has 1 aromatic heterocycles. The summed E-state index contributed by atoms with van der Waals surface area (Å²) >= 11 is 6.64. The van der Waals surface area contributed by atoms with Crippen LogP contribution in [0.5, 0.6) is 0 Å². The van der Waals surface area contributed by atoms with Crippen LogP contribution in [0.25, 0.3) is 10.9 Å². The van der Waals surface area contributed by atoms with Crippen LogP contribution in [0.2, 0.25) is 0 Å². The van der Waals surface area contributed by atoms with Gasteiger partial charge >= 0.3 is 0 Å². The van der Waals surface area contributed by atoms with Gasteiger partial charge in [-0.25, -0.2) is 12.4 Å². The van der Waals surface area contributed by atoms with Gasteiger partial charge in [-0.1, -0.05) is 28.1 Å². The Morgan fingerprint density at radius 3 is 2.50 bits per heavy atom. The van der Waals surface area contributed by atoms with Crippen LogP contribution in [0.1, 0.15) is 5.56 Å². The van der Waals surface area contributed by atoms with Crippen LogP contribution in [0, 0.1) is 0 Å². The highest BCUT2D eigenvalue weighted by Gasteiger charge is 2.23. The van der Waals surface area contributed by atoms with Crippen LogP contribution in [0.4, 0.5) is 0 Å². The highest BCUT2D eigenvalue weighted by Crippen LogP contribution is 2.30. The van der Waals surface area contributed by atoms with Gasteiger partial charge in [0.25, 0.3) is 10.0 Å². The van der Waals surface area contributed by atoms with Gasteiger partial charge in [-0.15, -0.1) is 0 Å². The fourth-order valence-electron chi connectivity index (χ4n) is 2.32. The maximum Gasteiger partial charge on any atom is 0.269 e. The van der Waals surface area contributed by atoms with Gasteiger partial charge in [-0.2, -0.15) is 0 Å². The maximum absolute atomic E-state index is 12.9. The van der Waals surface area contributed by atoms with E-state index in [4.69, 9.17) is 0 Å². The van der Waals surface area contributed by atoms with Crippen LogP contribution in [-0.2, 0) is 16.6 Å². The molecule has 2 aromatic carbocycles. The zero-order chi connectivity index (χ0) is 15.9. The van der Waals surface area contributed by atoms with E-state index >= 15 is 0 Å². The number of aliphatic hydroxyl groups excluding tert-OH is 1. The summed E-state index contributed by atoms with van der Waals surface area (Å²) in [7, 11) is -3.75. The molecule has 7 heteroatoms. The molecule has 0 unspecified atom stereocenters. The summed E-state index contributed by atoms with van der Waals surface area (Å²) in [6.07, 6.45) is 1.46. The Hall–Kier alpha value is -1.15. The van der Waals surface area contributed by atoms with Crippen molar-refractivity contribution in [3.05, 3.63) is 63.2 Å². The second kappa shape index (κ2) is 5.81. The van der Waals surface area contributed by atoms with Crippen LogP contribution >= 0.6 is 31.9 Å². The Morgan fingerprint density at radius 1 is 1.09 bits per heavy atom. The fraction of sp³-hybridized carbons (Fsp3) is 0.0667. The molecule has 0 saturated heterocycles. The van der Waals surface area contributed by atoms with Gasteiger partial charge in [-0.3, -0.25) is 0 Å². The van der Waals surface area contributed by atoms with Gasteiger partial charge in [0.05, 0.1) is 12.1 Å². The fourth-order valence-corrected chi connectivity index (χ4v) is 5.04. The standard InChI is InChI=1S/C15H11Br2NO3S/c16-11-5-6-14-12(7-11)10(9-19)8-18(14)22(20,21)15-4-2-1-3-13(15)17/h1-8,19H,9H2. The van der Waals surface area contributed by atoms with Crippen molar-refractivity contribution in [3.8, 4) is 0 Å². The Balaban J connectivity index is 2.33. The summed E-state index contributed by atoms with van der Waals surface area (Å²) in [6, 6.07) is 11.9. The lowest BCUT2D eigenvalue weighted by atomic mass is 10.2. The van der Waals surface area contributed by atoms with Crippen molar-refractivity contribution in [3.63, 3.8) is 0 Å². The molecule has 3 aromatic rings. The average molecular weight is 445 g/mol. The Kier molecular flexibility index (Phi) is 4.15. The van der Waals surface area contributed by atoms with E-state index in [0.717, 1.165) is 4.47 Å². The molecule has 0 amide bonds. The zero-order valence-corrected chi connectivity index (χ0v) is 15.2. The van der Waals surface area contributed by atoms with E-state index in [9.17, 15) is 13.5 Å². The Labute approximate surface area is 144 Å². The predicted molar refractivity (Wildman–Crippen MR) is 92.3 cm³/mol. The SMILES string of the molecule is O=S(=O)(c1ccccc1Br)n1cc(CO)c2cc(Br)ccc21. The summed E-state index contributed by atoms with van der Waals surface area (Å²) in [5.74, 6) is 0. The smallest absolute Gasteiger partial charge is 0.269 e. The lowest BCUT2D eigenvalue weighted by Crippen LogP contribution is -2.12. The molecule has 1 heterocycles. The molecule has 0 atom stereocenters. The van der Waals surface area contributed by atoms with Gasteiger partial charge in [0.1, 0.15) is 4.90 Å². The minimum atomic E-state index is -3.75. The first kappa shape index (κ1) is 15.7. The Bertz CT molecular complexity index is 964. The van der Waals surface area contributed by atoms with Crippen molar-refractivity contribution in [2.45, 2.75) is 11.5 Å². The van der Waals surface area contributed by atoms with Crippen LogP contribution < -0.4 is 0 Å². The molecule has 0 radical (unpaired) electrons. The monoisotopic (exact) mass is 443 g/mol. The van der Waals surface area contributed by atoms with Gasteiger partial charge in [0.2, 0.25) is 0 Å². The summed E-state index contributed by atoms with van der Waals surface area (Å²) in [4.78, 5) is 0.180. The van der Waals surface area contributed by atoms with E-state index in [2.05, 4.69) is 31.9 Å². The predicted octanol–water partition coefficient (Wildman–Crippen LogP) is 3.90. The van der Waals surface area contributed by atoms with E-state index in [0.29, 0.717) is 20.9 Å². The third-order valence-electron chi connectivity index (χ3n) is 3.36. The largest absolute Gasteiger partial charge is 0.392 e. The maximum atomic E-state index is 12.9. The number of aliphatic hydroxyl groups is 1. The summed E-state index contributed by atoms with van der Waals surface area (Å²) in [6.45, 7) is -0.231. The number of rotatable bonds is 3. The number of aromatic nitrogens is 1. The van der Waals surface area contributed by atoms with E-state index in [-0.39, 0.29) is 11.5 Å². The number of hydrogen-bond donors (Lipinski definition) is 1. The Morgan fingerprint density at radius 2 is 1.82 bits per heavy atom. The normalized spacial score (nSPS) is 12.0. The van der Waals surface area contributed by atoms with Crippen LogP contribution in [0.3, 0.4) is 0 Å². The van der Waals surface area contributed by atoms with Crippen molar-refractivity contribution in [2.75, 3.05) is 0 Å². The molecule has 0 aliphatic heterocycles. The molecule has 3 rings (SSSR count). The lowest BCUT2D eigenvalue weighted by molar-refractivity contribution is 0.283. The first-order valence-corrected chi connectivity index (χ1v) is 9.38. The first-order valence-electron chi connectivity index (χ1n) is 6.35. The summed E-state index contributed by atoms with van der Waals surface area (Å²) in [5.41, 5.74) is 1.09. The molecule has 0 bridgehead atoms. The minimum Gasteiger partial charge on any atom is -0.392 e. The number of hydrogen-bond acceptors (Lipinski definition) is 3. The molecule has 22 heavy (non-hydrogen) atoms. The highest BCUT2D eigenvalue weighted by molar-refractivity contribution is 9.10. The third kappa shape index (κ3) is 2.52. The number of fused-ring (bicyclic) bond motifs is 1.